The number of para-hydroxylation sites is 1. The first-order chi connectivity index (χ1) is 13.9. The average molecular weight is 392 g/mol. The summed E-state index contributed by atoms with van der Waals surface area (Å²) in [6.07, 6.45) is 2.79. The van der Waals surface area contributed by atoms with E-state index in [9.17, 15) is 19.7 Å². The Balaban J connectivity index is 1.70. The summed E-state index contributed by atoms with van der Waals surface area (Å²) in [5, 5.41) is 13.7. The Labute approximate surface area is 165 Å². The van der Waals surface area contributed by atoms with Gasteiger partial charge in [-0.2, -0.15) is 0 Å². The lowest BCUT2D eigenvalue weighted by Crippen LogP contribution is -2.14. The topological polar surface area (TPSA) is 137 Å². The van der Waals surface area contributed by atoms with E-state index in [0.29, 0.717) is 11.4 Å². The summed E-state index contributed by atoms with van der Waals surface area (Å²) in [6.45, 7) is 0.152. The summed E-state index contributed by atoms with van der Waals surface area (Å²) in [4.78, 5) is 38.0. The normalized spacial score (nSPS) is 10.2. The van der Waals surface area contributed by atoms with Crippen molar-refractivity contribution in [2.24, 2.45) is 5.73 Å². The quantitative estimate of drug-likeness (QED) is 0.468. The highest BCUT2D eigenvalue weighted by molar-refractivity contribution is 6.07. The van der Waals surface area contributed by atoms with Crippen molar-refractivity contribution >= 4 is 23.2 Å². The minimum atomic E-state index is -0.609. The van der Waals surface area contributed by atoms with E-state index in [2.05, 4.69) is 10.3 Å². The Hall–Kier alpha value is -4.27. The highest BCUT2D eigenvalue weighted by Gasteiger charge is 2.19. The molecule has 0 unspecified atom stereocenters. The Morgan fingerprint density at radius 2 is 1.90 bits per heavy atom. The molecule has 1 aromatic heterocycles. The Kier molecular flexibility index (Phi) is 5.79. The van der Waals surface area contributed by atoms with Crippen molar-refractivity contribution < 1.29 is 19.2 Å². The third kappa shape index (κ3) is 4.92. The number of carbonyl (C=O) groups excluding carboxylic acids is 2. The number of aromatic nitrogens is 1. The predicted octanol–water partition coefficient (Wildman–Crippen LogP) is 2.92. The van der Waals surface area contributed by atoms with Crippen LogP contribution in [0.5, 0.6) is 5.75 Å². The number of rotatable bonds is 7. The molecule has 9 heteroatoms. The molecular formula is C20H16N4O5. The summed E-state index contributed by atoms with van der Waals surface area (Å²) in [5.41, 5.74) is 6.33. The smallest absolute Gasteiger partial charge is 0.282 e. The largest absolute Gasteiger partial charge is 0.487 e. The number of benzene rings is 2. The van der Waals surface area contributed by atoms with E-state index in [0.717, 1.165) is 5.56 Å². The van der Waals surface area contributed by atoms with Crippen molar-refractivity contribution in [3.8, 4) is 5.75 Å². The molecule has 0 radical (unpaired) electrons. The van der Waals surface area contributed by atoms with Gasteiger partial charge in [-0.3, -0.25) is 24.7 Å². The second-order valence-electron chi connectivity index (χ2n) is 5.99. The molecule has 0 atom stereocenters. The van der Waals surface area contributed by atoms with Crippen LogP contribution >= 0.6 is 0 Å². The molecule has 1 heterocycles. The molecule has 3 rings (SSSR count). The summed E-state index contributed by atoms with van der Waals surface area (Å²) < 4.78 is 5.61. The number of nitrogens with one attached hydrogen (secondary N) is 1. The van der Waals surface area contributed by atoms with Crippen LogP contribution in [0, 0.1) is 10.1 Å². The zero-order valence-electron chi connectivity index (χ0n) is 15.1. The lowest BCUT2D eigenvalue weighted by molar-refractivity contribution is -0.385. The third-order valence-corrected chi connectivity index (χ3v) is 3.93. The van der Waals surface area contributed by atoms with Gasteiger partial charge in [-0.15, -0.1) is 0 Å². The molecule has 0 fully saturated rings. The zero-order valence-corrected chi connectivity index (χ0v) is 15.1. The van der Waals surface area contributed by atoms with Crippen LogP contribution in [-0.4, -0.2) is 21.7 Å². The van der Waals surface area contributed by atoms with Gasteiger partial charge in [0.05, 0.1) is 16.7 Å². The highest BCUT2D eigenvalue weighted by Crippen LogP contribution is 2.20. The summed E-state index contributed by atoms with van der Waals surface area (Å²) >= 11 is 0. The first-order valence-electron chi connectivity index (χ1n) is 8.45. The number of anilines is 1. The van der Waals surface area contributed by atoms with Crippen molar-refractivity contribution in [2.45, 2.75) is 6.61 Å². The van der Waals surface area contributed by atoms with E-state index < -0.39 is 16.7 Å². The highest BCUT2D eigenvalue weighted by atomic mass is 16.6. The summed E-state index contributed by atoms with van der Waals surface area (Å²) in [7, 11) is 0. The number of ether oxygens (including phenoxy) is 1. The zero-order chi connectivity index (χ0) is 20.8. The van der Waals surface area contributed by atoms with Gasteiger partial charge < -0.3 is 15.8 Å². The number of carbonyl (C=O) groups is 2. The Morgan fingerprint density at radius 3 is 2.66 bits per heavy atom. The van der Waals surface area contributed by atoms with Crippen molar-refractivity contribution in [3.63, 3.8) is 0 Å². The van der Waals surface area contributed by atoms with Gasteiger partial charge in [0, 0.05) is 18.0 Å². The van der Waals surface area contributed by atoms with Crippen LogP contribution < -0.4 is 15.8 Å². The molecule has 0 aliphatic heterocycles. The molecule has 146 valence electrons. The molecule has 29 heavy (non-hydrogen) atoms. The molecule has 0 saturated carbocycles. The average Bonchev–Trinajstić information content (AvgIpc) is 2.72. The third-order valence-electron chi connectivity index (χ3n) is 3.93. The van der Waals surface area contributed by atoms with Gasteiger partial charge in [0.25, 0.3) is 11.6 Å². The summed E-state index contributed by atoms with van der Waals surface area (Å²) in [6, 6.07) is 14.0. The van der Waals surface area contributed by atoms with E-state index >= 15 is 0 Å². The van der Waals surface area contributed by atoms with Crippen LogP contribution in [0.3, 0.4) is 0 Å². The van der Waals surface area contributed by atoms with Crippen molar-refractivity contribution in [2.75, 3.05) is 5.32 Å². The van der Waals surface area contributed by atoms with Gasteiger partial charge in [0.2, 0.25) is 5.91 Å². The standard InChI is InChI=1S/C20H16N4O5/c21-19(25)14-9-16(11-22-10-14)29-12-13-4-3-5-15(8-13)23-20(26)17-6-1-2-7-18(17)24(27)28/h1-11H,12H2,(H2,21,25)(H,23,26). The molecule has 9 nitrogen and oxygen atoms in total. The predicted molar refractivity (Wildman–Crippen MR) is 105 cm³/mol. The Bertz CT molecular complexity index is 1080. The van der Waals surface area contributed by atoms with Crippen molar-refractivity contribution in [1.29, 1.82) is 0 Å². The van der Waals surface area contributed by atoms with Gasteiger partial charge in [0.15, 0.2) is 0 Å². The number of nitro benzene ring substituents is 1. The van der Waals surface area contributed by atoms with Crippen LogP contribution in [0.1, 0.15) is 26.3 Å². The van der Waals surface area contributed by atoms with Crippen molar-refractivity contribution in [3.05, 3.63) is 93.8 Å². The molecule has 0 aliphatic rings. The van der Waals surface area contributed by atoms with E-state index in [-0.39, 0.29) is 23.4 Å². The maximum absolute atomic E-state index is 12.4. The molecule has 2 amide bonds. The number of primary amides is 1. The maximum Gasteiger partial charge on any atom is 0.282 e. The molecule has 0 bridgehead atoms. The van der Waals surface area contributed by atoms with Crippen LogP contribution in [0.4, 0.5) is 11.4 Å². The molecular weight excluding hydrogens is 376 g/mol. The number of nitrogens with two attached hydrogens (primary N) is 1. The molecule has 3 N–H and O–H groups in total. The lowest BCUT2D eigenvalue weighted by Gasteiger charge is -2.09. The van der Waals surface area contributed by atoms with Gasteiger partial charge in [0.1, 0.15) is 17.9 Å². The van der Waals surface area contributed by atoms with Crippen molar-refractivity contribution in [1.82, 2.24) is 4.98 Å². The first kappa shape index (κ1) is 19.5. The number of nitro groups is 1. The van der Waals surface area contributed by atoms with Gasteiger partial charge in [-0.25, -0.2) is 0 Å². The monoisotopic (exact) mass is 392 g/mol. The fraction of sp³-hybridized carbons (Fsp3) is 0.0500. The van der Waals surface area contributed by atoms with Crippen LogP contribution in [0.2, 0.25) is 0 Å². The SMILES string of the molecule is NC(=O)c1cncc(OCc2cccc(NC(=O)c3ccccc3[N+](=O)[O-])c2)c1. The van der Waals surface area contributed by atoms with Gasteiger partial charge in [-0.1, -0.05) is 24.3 Å². The summed E-state index contributed by atoms with van der Waals surface area (Å²) in [5.74, 6) is -0.827. The van der Waals surface area contributed by atoms with E-state index in [1.807, 2.05) is 0 Å². The molecule has 0 aliphatic carbocycles. The Morgan fingerprint density at radius 1 is 1.10 bits per heavy atom. The second-order valence-corrected chi connectivity index (χ2v) is 5.99. The molecule has 2 aromatic carbocycles. The maximum atomic E-state index is 12.4. The number of hydrogen-bond acceptors (Lipinski definition) is 6. The number of pyridine rings is 1. The second kappa shape index (κ2) is 8.61. The van der Waals surface area contributed by atoms with E-state index in [1.54, 1.807) is 30.3 Å². The number of amides is 2. The number of nitrogens with zero attached hydrogens (tertiary/aromatic N) is 2. The first-order valence-corrected chi connectivity index (χ1v) is 8.45. The van der Waals surface area contributed by atoms with Crippen LogP contribution in [-0.2, 0) is 6.61 Å². The molecule has 0 spiro atoms. The minimum Gasteiger partial charge on any atom is -0.487 e. The molecule has 3 aromatic rings. The fourth-order valence-electron chi connectivity index (χ4n) is 2.56. The minimum absolute atomic E-state index is 0.0338. The molecule has 0 saturated heterocycles. The van der Waals surface area contributed by atoms with E-state index in [1.165, 1.54) is 36.7 Å². The lowest BCUT2D eigenvalue weighted by atomic mass is 10.1. The fourth-order valence-corrected chi connectivity index (χ4v) is 2.56. The van der Waals surface area contributed by atoms with Gasteiger partial charge in [-0.05, 0) is 29.8 Å². The van der Waals surface area contributed by atoms with Crippen LogP contribution in [0.25, 0.3) is 0 Å². The number of hydrogen-bond donors (Lipinski definition) is 2. The van der Waals surface area contributed by atoms with E-state index in [4.69, 9.17) is 10.5 Å². The van der Waals surface area contributed by atoms with Crippen LogP contribution in [0.15, 0.2) is 67.0 Å². The van der Waals surface area contributed by atoms with Gasteiger partial charge >= 0.3 is 0 Å².